The molecule has 0 heterocycles. The molecule has 0 saturated carbocycles. The van der Waals surface area contributed by atoms with Gasteiger partial charge in [0, 0.05) is 29.0 Å². The average molecular weight is 367 g/mol. The van der Waals surface area contributed by atoms with Gasteiger partial charge in [0.2, 0.25) is 0 Å². The molecule has 0 saturated heterocycles. The highest BCUT2D eigenvalue weighted by Crippen LogP contribution is 2.18. The van der Waals surface area contributed by atoms with Crippen molar-refractivity contribution >= 4 is 33.4 Å². The number of alkyl halides is 1. The van der Waals surface area contributed by atoms with E-state index < -0.39 is 0 Å². The van der Waals surface area contributed by atoms with Gasteiger partial charge in [-0.25, -0.2) is 0 Å². The lowest BCUT2D eigenvalue weighted by molar-refractivity contribution is 0.0753. The van der Waals surface area contributed by atoms with Crippen molar-refractivity contribution in [3.8, 4) is 0 Å². The molecule has 2 nitrogen and oxygen atoms in total. The maximum atomic E-state index is 12.7. The molecule has 0 spiro atoms. The number of benzene rings is 2. The first kappa shape index (κ1) is 16.1. The van der Waals surface area contributed by atoms with Gasteiger partial charge in [-0.3, -0.25) is 4.79 Å². The summed E-state index contributed by atoms with van der Waals surface area (Å²) in [5, 5.41) is 0. The molecule has 0 fully saturated rings. The molecule has 0 atom stereocenters. The molecule has 0 aromatic heterocycles. The maximum absolute atomic E-state index is 12.7. The van der Waals surface area contributed by atoms with Gasteiger partial charge in [-0.1, -0.05) is 46.3 Å². The molecule has 0 bridgehead atoms. The van der Waals surface area contributed by atoms with Crippen LogP contribution < -0.4 is 0 Å². The van der Waals surface area contributed by atoms with Crippen LogP contribution in [0.4, 0.5) is 0 Å². The summed E-state index contributed by atoms with van der Waals surface area (Å²) in [5.74, 6) is 0.426. The van der Waals surface area contributed by atoms with Gasteiger partial charge >= 0.3 is 0 Å². The summed E-state index contributed by atoms with van der Waals surface area (Å²) in [6, 6.07) is 15.7. The van der Waals surface area contributed by atoms with Crippen LogP contribution in [0.2, 0.25) is 0 Å². The van der Waals surface area contributed by atoms with Crippen molar-refractivity contribution < 1.29 is 4.79 Å². The zero-order valence-electron chi connectivity index (χ0n) is 11.9. The molecule has 0 aliphatic rings. The van der Waals surface area contributed by atoms with E-state index in [4.69, 9.17) is 11.6 Å². The summed E-state index contributed by atoms with van der Waals surface area (Å²) in [5.41, 5.74) is 2.84. The van der Waals surface area contributed by atoms with Crippen molar-refractivity contribution in [3.63, 3.8) is 0 Å². The number of aryl methyl sites for hydroxylation is 1. The molecule has 0 radical (unpaired) electrons. The van der Waals surface area contributed by atoms with Gasteiger partial charge < -0.3 is 4.90 Å². The molecule has 2 aromatic rings. The average Bonchev–Trinajstić information content (AvgIpc) is 2.46. The Morgan fingerprint density at radius 2 is 1.90 bits per heavy atom. The summed E-state index contributed by atoms with van der Waals surface area (Å²) >= 11 is 9.29. The number of hydrogen-bond donors (Lipinski definition) is 0. The van der Waals surface area contributed by atoms with E-state index in [9.17, 15) is 4.79 Å². The molecule has 21 heavy (non-hydrogen) atoms. The lowest BCUT2D eigenvalue weighted by atomic mass is 10.1. The molecular formula is C17H17BrClNO. The van der Waals surface area contributed by atoms with Crippen LogP contribution in [-0.4, -0.2) is 23.2 Å². The summed E-state index contributed by atoms with van der Waals surface area (Å²) in [6.07, 6.45) is 0. The Morgan fingerprint density at radius 3 is 2.52 bits per heavy atom. The Bertz CT molecular complexity index is 595. The van der Waals surface area contributed by atoms with E-state index in [1.54, 1.807) is 4.90 Å². The predicted molar refractivity (Wildman–Crippen MR) is 90.8 cm³/mol. The monoisotopic (exact) mass is 365 g/mol. The zero-order chi connectivity index (χ0) is 15.2. The minimum atomic E-state index is 0.00361. The second kappa shape index (κ2) is 7.62. The van der Waals surface area contributed by atoms with Gasteiger partial charge in [-0.15, -0.1) is 11.6 Å². The molecule has 0 N–H and O–H groups in total. The highest BCUT2D eigenvalue weighted by molar-refractivity contribution is 9.10. The van der Waals surface area contributed by atoms with Crippen LogP contribution in [0.1, 0.15) is 21.5 Å². The Balaban J connectivity index is 2.22. The highest BCUT2D eigenvalue weighted by atomic mass is 79.9. The maximum Gasteiger partial charge on any atom is 0.254 e. The Morgan fingerprint density at radius 1 is 1.19 bits per heavy atom. The third kappa shape index (κ3) is 4.58. The Labute approximate surface area is 138 Å². The van der Waals surface area contributed by atoms with E-state index >= 15 is 0 Å². The number of rotatable bonds is 5. The second-order valence-corrected chi connectivity index (χ2v) is 6.21. The van der Waals surface area contributed by atoms with Crippen LogP contribution in [0, 0.1) is 6.92 Å². The molecule has 2 aromatic carbocycles. The smallest absolute Gasteiger partial charge is 0.254 e. The summed E-state index contributed by atoms with van der Waals surface area (Å²) in [7, 11) is 0. The molecule has 4 heteroatoms. The van der Waals surface area contributed by atoms with Gasteiger partial charge in [0.1, 0.15) is 0 Å². The lowest BCUT2D eigenvalue weighted by Gasteiger charge is -2.22. The van der Waals surface area contributed by atoms with E-state index in [0.717, 1.165) is 15.6 Å². The molecule has 0 aliphatic carbocycles. The van der Waals surface area contributed by atoms with Crippen molar-refractivity contribution in [3.05, 3.63) is 69.7 Å². The SMILES string of the molecule is Cc1cc(Br)cc(C(=O)N(CCCl)Cc2ccccc2)c1. The molecule has 1 amide bonds. The summed E-state index contributed by atoms with van der Waals surface area (Å²) in [4.78, 5) is 14.5. The van der Waals surface area contributed by atoms with E-state index in [-0.39, 0.29) is 5.91 Å². The summed E-state index contributed by atoms with van der Waals surface area (Å²) < 4.78 is 0.913. The van der Waals surface area contributed by atoms with E-state index in [1.807, 2.05) is 55.5 Å². The minimum Gasteiger partial charge on any atom is -0.333 e. The van der Waals surface area contributed by atoms with E-state index in [1.165, 1.54) is 0 Å². The van der Waals surface area contributed by atoms with Crippen molar-refractivity contribution in [1.29, 1.82) is 0 Å². The van der Waals surface area contributed by atoms with Crippen molar-refractivity contribution in [2.24, 2.45) is 0 Å². The van der Waals surface area contributed by atoms with Gasteiger partial charge in [-0.05, 0) is 36.2 Å². The fourth-order valence-corrected chi connectivity index (χ4v) is 3.01. The standard InChI is InChI=1S/C17H17BrClNO/c1-13-9-15(11-16(18)10-13)17(21)20(8-7-19)12-14-5-3-2-4-6-14/h2-6,9-11H,7-8,12H2,1H3. The number of hydrogen-bond acceptors (Lipinski definition) is 1. The highest BCUT2D eigenvalue weighted by Gasteiger charge is 2.16. The number of halogens is 2. The third-order valence-electron chi connectivity index (χ3n) is 3.15. The predicted octanol–water partition coefficient (Wildman–Crippen LogP) is 4.64. The lowest BCUT2D eigenvalue weighted by Crippen LogP contribution is -2.32. The Hall–Kier alpha value is -1.32. The number of carbonyl (C=O) groups excluding carboxylic acids is 1. The van der Waals surface area contributed by atoms with Crippen LogP contribution in [0.5, 0.6) is 0 Å². The zero-order valence-corrected chi connectivity index (χ0v) is 14.2. The van der Waals surface area contributed by atoms with Crippen molar-refractivity contribution in [2.45, 2.75) is 13.5 Å². The quantitative estimate of drug-likeness (QED) is 0.706. The van der Waals surface area contributed by atoms with Gasteiger partial charge in [0.05, 0.1) is 0 Å². The molecule has 0 aliphatic heterocycles. The van der Waals surface area contributed by atoms with Crippen molar-refractivity contribution in [1.82, 2.24) is 4.90 Å². The van der Waals surface area contributed by atoms with Gasteiger partial charge in [0.25, 0.3) is 5.91 Å². The molecule has 0 unspecified atom stereocenters. The topological polar surface area (TPSA) is 20.3 Å². The largest absolute Gasteiger partial charge is 0.333 e. The fourth-order valence-electron chi connectivity index (χ4n) is 2.20. The van der Waals surface area contributed by atoms with Crippen LogP contribution >= 0.6 is 27.5 Å². The molecule has 110 valence electrons. The minimum absolute atomic E-state index is 0.00361. The number of nitrogens with zero attached hydrogens (tertiary/aromatic N) is 1. The summed E-state index contributed by atoms with van der Waals surface area (Å²) in [6.45, 7) is 3.07. The van der Waals surface area contributed by atoms with Crippen LogP contribution in [0.3, 0.4) is 0 Å². The molecule has 2 rings (SSSR count). The number of carbonyl (C=O) groups is 1. The fraction of sp³-hybridized carbons (Fsp3) is 0.235. The van der Waals surface area contributed by atoms with Gasteiger partial charge in [-0.2, -0.15) is 0 Å². The second-order valence-electron chi connectivity index (χ2n) is 4.92. The van der Waals surface area contributed by atoms with Crippen LogP contribution in [0.15, 0.2) is 53.0 Å². The van der Waals surface area contributed by atoms with Crippen molar-refractivity contribution in [2.75, 3.05) is 12.4 Å². The first-order chi connectivity index (χ1) is 10.1. The molecular weight excluding hydrogens is 350 g/mol. The van der Waals surface area contributed by atoms with E-state index in [2.05, 4.69) is 15.9 Å². The van der Waals surface area contributed by atoms with E-state index in [0.29, 0.717) is 24.5 Å². The first-order valence-electron chi connectivity index (χ1n) is 6.76. The Kier molecular flexibility index (Phi) is 5.83. The first-order valence-corrected chi connectivity index (χ1v) is 8.09. The van der Waals surface area contributed by atoms with Gasteiger partial charge in [0.15, 0.2) is 0 Å². The number of amides is 1. The van der Waals surface area contributed by atoms with Crippen LogP contribution in [-0.2, 0) is 6.54 Å². The van der Waals surface area contributed by atoms with Crippen LogP contribution in [0.25, 0.3) is 0 Å². The third-order valence-corrected chi connectivity index (χ3v) is 3.77. The normalized spacial score (nSPS) is 10.4.